The molecule has 3 N–H and O–H groups in total. The number of nitrogens with two attached hydrogens (primary N) is 1. The molecule has 0 bridgehead atoms. The number of carbonyl (C=O) groups is 1. The lowest BCUT2D eigenvalue weighted by Crippen LogP contribution is -2.45. The Morgan fingerprint density at radius 2 is 2.21 bits per heavy atom. The Morgan fingerprint density at radius 1 is 1.64 bits per heavy atom. The zero-order chi connectivity index (χ0) is 11.2. The number of carbonyl (C=O) groups excluding carboxylic acids is 1. The van der Waals surface area contributed by atoms with E-state index in [4.69, 9.17) is 10.5 Å². The molecule has 84 valence electrons. The first-order valence-corrected chi connectivity index (χ1v) is 5.01. The average Bonchev–Trinajstić information content (AvgIpc) is 2.23. The molecule has 0 radical (unpaired) electrons. The molecule has 0 saturated heterocycles. The summed E-state index contributed by atoms with van der Waals surface area (Å²) in [6, 6.07) is 0. The van der Waals surface area contributed by atoms with E-state index in [1.54, 1.807) is 7.11 Å². The van der Waals surface area contributed by atoms with Gasteiger partial charge in [0.1, 0.15) is 0 Å². The molecule has 2 atom stereocenters. The Hall–Kier alpha value is -0.610. The van der Waals surface area contributed by atoms with Crippen molar-refractivity contribution in [2.24, 2.45) is 11.1 Å². The van der Waals surface area contributed by atoms with Crippen LogP contribution in [0.3, 0.4) is 0 Å². The van der Waals surface area contributed by atoms with Crippen LogP contribution in [0, 0.1) is 5.41 Å². The molecule has 0 spiro atoms. The summed E-state index contributed by atoms with van der Waals surface area (Å²) in [5.41, 5.74) is 5.11. The van der Waals surface area contributed by atoms with E-state index in [1.807, 2.05) is 20.8 Å². The molecule has 0 aromatic heterocycles. The van der Waals surface area contributed by atoms with E-state index in [-0.39, 0.29) is 12.0 Å². The maximum atomic E-state index is 11.7. The van der Waals surface area contributed by atoms with Gasteiger partial charge in [-0.3, -0.25) is 4.79 Å². The molecule has 0 fully saturated rings. The number of nitrogens with one attached hydrogen (secondary N) is 1. The van der Waals surface area contributed by atoms with E-state index in [0.717, 1.165) is 6.42 Å². The van der Waals surface area contributed by atoms with Gasteiger partial charge in [0.2, 0.25) is 5.91 Å². The quantitative estimate of drug-likeness (QED) is 0.659. The smallest absolute Gasteiger partial charge is 0.227 e. The summed E-state index contributed by atoms with van der Waals surface area (Å²) in [7, 11) is 1.62. The van der Waals surface area contributed by atoms with Gasteiger partial charge in [-0.25, -0.2) is 0 Å². The summed E-state index contributed by atoms with van der Waals surface area (Å²) >= 11 is 0. The molecule has 1 amide bonds. The Bertz CT molecular complexity index is 179. The Kier molecular flexibility index (Phi) is 5.72. The Labute approximate surface area is 86.2 Å². The van der Waals surface area contributed by atoms with E-state index in [0.29, 0.717) is 13.1 Å². The van der Waals surface area contributed by atoms with Crippen molar-refractivity contribution >= 4 is 5.91 Å². The molecular weight excluding hydrogens is 180 g/mol. The predicted molar refractivity (Wildman–Crippen MR) is 56.9 cm³/mol. The highest BCUT2D eigenvalue weighted by Crippen LogP contribution is 2.18. The minimum atomic E-state index is -0.451. The van der Waals surface area contributed by atoms with Crippen molar-refractivity contribution in [2.45, 2.75) is 33.3 Å². The lowest BCUT2D eigenvalue weighted by molar-refractivity contribution is -0.130. The van der Waals surface area contributed by atoms with Crippen LogP contribution in [0.4, 0.5) is 0 Å². The van der Waals surface area contributed by atoms with Crippen LogP contribution in [0.25, 0.3) is 0 Å². The van der Waals surface area contributed by atoms with Gasteiger partial charge in [-0.05, 0) is 20.3 Å². The molecular formula is C10H22N2O2. The van der Waals surface area contributed by atoms with Gasteiger partial charge >= 0.3 is 0 Å². The third-order valence-electron chi connectivity index (χ3n) is 2.73. The first-order chi connectivity index (χ1) is 6.50. The molecule has 0 aromatic carbocycles. The van der Waals surface area contributed by atoms with Gasteiger partial charge in [0.15, 0.2) is 0 Å². The van der Waals surface area contributed by atoms with Crippen molar-refractivity contribution in [2.75, 3.05) is 20.2 Å². The lowest BCUT2D eigenvalue weighted by Gasteiger charge is -2.25. The number of rotatable bonds is 6. The fraction of sp³-hybridized carbons (Fsp3) is 0.900. The van der Waals surface area contributed by atoms with E-state index >= 15 is 0 Å². The fourth-order valence-electron chi connectivity index (χ4n) is 0.931. The number of methoxy groups -OCH3 is 1. The zero-order valence-corrected chi connectivity index (χ0v) is 9.59. The van der Waals surface area contributed by atoms with Gasteiger partial charge in [0, 0.05) is 20.2 Å². The molecule has 2 unspecified atom stereocenters. The first kappa shape index (κ1) is 13.4. The minimum Gasteiger partial charge on any atom is -0.380 e. The van der Waals surface area contributed by atoms with Crippen LogP contribution < -0.4 is 11.1 Å². The highest BCUT2D eigenvalue weighted by atomic mass is 16.5. The van der Waals surface area contributed by atoms with Gasteiger partial charge in [-0.1, -0.05) is 6.92 Å². The average molecular weight is 202 g/mol. The highest BCUT2D eigenvalue weighted by molar-refractivity contribution is 5.82. The summed E-state index contributed by atoms with van der Waals surface area (Å²) in [4.78, 5) is 11.7. The van der Waals surface area contributed by atoms with Crippen LogP contribution >= 0.6 is 0 Å². The maximum absolute atomic E-state index is 11.7. The van der Waals surface area contributed by atoms with Crippen LogP contribution in [-0.2, 0) is 9.53 Å². The van der Waals surface area contributed by atoms with Crippen LogP contribution in [0.15, 0.2) is 0 Å². The molecule has 0 saturated carbocycles. The SMILES string of the molecule is CCC(C)(CN)C(=O)NCC(C)OC. The maximum Gasteiger partial charge on any atom is 0.227 e. The molecule has 0 aliphatic rings. The fourth-order valence-corrected chi connectivity index (χ4v) is 0.931. The van der Waals surface area contributed by atoms with Crippen molar-refractivity contribution < 1.29 is 9.53 Å². The van der Waals surface area contributed by atoms with Crippen molar-refractivity contribution in [3.63, 3.8) is 0 Å². The number of ether oxygens (including phenoxy) is 1. The molecule has 0 heterocycles. The number of hydrogen-bond donors (Lipinski definition) is 2. The van der Waals surface area contributed by atoms with E-state index in [2.05, 4.69) is 5.32 Å². The second kappa shape index (κ2) is 5.98. The van der Waals surface area contributed by atoms with Gasteiger partial charge in [-0.15, -0.1) is 0 Å². The molecule has 0 aromatic rings. The highest BCUT2D eigenvalue weighted by Gasteiger charge is 2.29. The number of hydrogen-bond acceptors (Lipinski definition) is 3. The second-order valence-electron chi connectivity index (χ2n) is 3.87. The first-order valence-electron chi connectivity index (χ1n) is 5.01. The normalized spacial score (nSPS) is 17.2. The summed E-state index contributed by atoms with van der Waals surface area (Å²) < 4.78 is 5.03. The molecule has 0 aliphatic heterocycles. The largest absolute Gasteiger partial charge is 0.380 e. The van der Waals surface area contributed by atoms with Crippen molar-refractivity contribution in [3.8, 4) is 0 Å². The molecule has 0 rings (SSSR count). The third kappa shape index (κ3) is 3.64. The number of amides is 1. The Balaban J connectivity index is 4.06. The van der Waals surface area contributed by atoms with Crippen molar-refractivity contribution in [1.29, 1.82) is 0 Å². The van der Waals surface area contributed by atoms with E-state index < -0.39 is 5.41 Å². The van der Waals surface area contributed by atoms with E-state index in [1.165, 1.54) is 0 Å². The zero-order valence-electron chi connectivity index (χ0n) is 9.59. The van der Waals surface area contributed by atoms with Gasteiger partial charge in [0.05, 0.1) is 11.5 Å². The molecule has 4 heteroatoms. The molecule has 14 heavy (non-hydrogen) atoms. The van der Waals surface area contributed by atoms with Crippen molar-refractivity contribution in [3.05, 3.63) is 0 Å². The van der Waals surface area contributed by atoms with Gasteiger partial charge < -0.3 is 15.8 Å². The predicted octanol–water partition coefficient (Wildman–Crippen LogP) is 0.513. The summed E-state index contributed by atoms with van der Waals surface area (Å²) in [6.07, 6.45) is 0.786. The van der Waals surface area contributed by atoms with Gasteiger partial charge in [-0.2, -0.15) is 0 Å². The minimum absolute atomic E-state index is 0.00593. The summed E-state index contributed by atoms with van der Waals surface area (Å²) in [5.74, 6) is 0.00593. The monoisotopic (exact) mass is 202 g/mol. The standard InChI is InChI=1S/C10H22N2O2/c1-5-10(3,7-11)9(13)12-6-8(2)14-4/h8H,5-7,11H2,1-4H3,(H,12,13). The lowest BCUT2D eigenvalue weighted by atomic mass is 9.86. The van der Waals surface area contributed by atoms with E-state index in [9.17, 15) is 4.79 Å². The van der Waals surface area contributed by atoms with Gasteiger partial charge in [0.25, 0.3) is 0 Å². The van der Waals surface area contributed by atoms with Crippen LogP contribution in [0.2, 0.25) is 0 Å². The summed E-state index contributed by atoms with van der Waals surface area (Å²) in [5, 5.41) is 2.83. The van der Waals surface area contributed by atoms with Crippen molar-refractivity contribution in [1.82, 2.24) is 5.32 Å². The molecule has 4 nitrogen and oxygen atoms in total. The van der Waals surface area contributed by atoms with Crippen LogP contribution in [0.1, 0.15) is 27.2 Å². The van der Waals surface area contributed by atoms with Crippen LogP contribution in [0.5, 0.6) is 0 Å². The van der Waals surface area contributed by atoms with Crippen LogP contribution in [-0.4, -0.2) is 32.2 Å². The third-order valence-corrected chi connectivity index (χ3v) is 2.73. The second-order valence-corrected chi connectivity index (χ2v) is 3.87. The molecule has 0 aliphatic carbocycles. The Morgan fingerprint density at radius 3 is 2.57 bits per heavy atom. The summed E-state index contributed by atoms with van der Waals surface area (Å²) in [6.45, 7) is 6.65. The topological polar surface area (TPSA) is 64.4 Å².